The molecule has 30 heavy (non-hydrogen) atoms. The molecule has 3 fully saturated rings. The van der Waals surface area contributed by atoms with Crippen LogP contribution in [0, 0.1) is 22.7 Å². The molecule has 0 bridgehead atoms. The van der Waals surface area contributed by atoms with Crippen LogP contribution in [0.5, 0.6) is 0 Å². The molecule has 0 radical (unpaired) electrons. The maximum atomic E-state index is 12.7. The van der Waals surface area contributed by atoms with Gasteiger partial charge in [0.25, 0.3) is 0 Å². The maximum absolute atomic E-state index is 12.7. The molecule has 0 aromatic rings. The molecular weight excluding hydrogens is 380 g/mol. The first-order valence-electron chi connectivity index (χ1n) is 11.4. The molecule has 0 amide bonds. The molecule has 0 unspecified atom stereocenters. The van der Waals surface area contributed by atoms with Gasteiger partial charge in [-0.2, -0.15) is 0 Å². The molecule has 5 nitrogen and oxygen atoms in total. The van der Waals surface area contributed by atoms with Crippen molar-refractivity contribution >= 4 is 11.9 Å². The Kier molecular flexibility index (Phi) is 5.20. The Morgan fingerprint density at radius 1 is 1.30 bits per heavy atom. The summed E-state index contributed by atoms with van der Waals surface area (Å²) in [5.41, 5.74) is 1.37. The minimum atomic E-state index is -0.238. The highest BCUT2D eigenvalue weighted by Gasteiger charge is 2.75. The van der Waals surface area contributed by atoms with Gasteiger partial charge in [-0.1, -0.05) is 26.8 Å². The lowest BCUT2D eigenvalue weighted by Crippen LogP contribution is -2.63. The molecule has 1 saturated heterocycles. The van der Waals surface area contributed by atoms with Crippen LogP contribution in [0.15, 0.2) is 23.3 Å². The van der Waals surface area contributed by atoms with E-state index in [1.54, 1.807) is 6.08 Å². The quantitative estimate of drug-likeness (QED) is 0.368. The topological polar surface area (TPSA) is 65.1 Å². The molecule has 2 heterocycles. The van der Waals surface area contributed by atoms with Crippen LogP contribution < -0.4 is 0 Å². The second kappa shape index (κ2) is 7.22. The summed E-state index contributed by atoms with van der Waals surface area (Å²) in [5, 5.41) is 0. The standard InChI is InChI=1S/C25H36O5/c1-7-15(2)22(27)29-20-12-16(3)23(4,11-10-17-13-21(26)28-14-17)18-8-9-19-25(6,30-19)24(18,20)5/h7,13,16,18-20H,8-12,14H2,1-6H3/b15-7+/t16-,18-,19+,20-,23-,24+,25+/m1/s1. The van der Waals surface area contributed by atoms with E-state index in [1.165, 1.54) is 0 Å². The summed E-state index contributed by atoms with van der Waals surface area (Å²) in [6, 6.07) is 0. The minimum absolute atomic E-state index is 0.0830. The van der Waals surface area contributed by atoms with Gasteiger partial charge in [0.1, 0.15) is 18.3 Å². The lowest BCUT2D eigenvalue weighted by atomic mass is 9.43. The number of allylic oxidation sites excluding steroid dienone is 1. The summed E-state index contributed by atoms with van der Waals surface area (Å²) in [6.07, 6.45) is 8.46. The molecule has 4 rings (SSSR count). The Morgan fingerprint density at radius 2 is 2.03 bits per heavy atom. The third-order valence-electron chi connectivity index (χ3n) is 9.32. The number of rotatable bonds is 5. The molecule has 166 valence electrons. The normalized spacial score (nSPS) is 45.2. The fraction of sp³-hybridized carbons (Fsp3) is 0.760. The van der Waals surface area contributed by atoms with Crippen molar-refractivity contribution in [3.63, 3.8) is 0 Å². The first-order valence-corrected chi connectivity index (χ1v) is 11.4. The van der Waals surface area contributed by atoms with E-state index >= 15 is 0 Å². The van der Waals surface area contributed by atoms with Crippen molar-refractivity contribution in [3.8, 4) is 0 Å². The lowest BCUT2D eigenvalue weighted by molar-refractivity contribution is -0.196. The zero-order valence-electron chi connectivity index (χ0n) is 19.2. The van der Waals surface area contributed by atoms with Gasteiger partial charge in [0.15, 0.2) is 0 Å². The average molecular weight is 417 g/mol. The largest absolute Gasteiger partial charge is 0.458 e. The molecule has 4 aliphatic rings. The molecule has 0 N–H and O–H groups in total. The van der Waals surface area contributed by atoms with E-state index in [1.807, 2.05) is 19.9 Å². The van der Waals surface area contributed by atoms with Crippen molar-refractivity contribution < 1.29 is 23.8 Å². The van der Waals surface area contributed by atoms with Crippen molar-refractivity contribution in [3.05, 3.63) is 23.3 Å². The van der Waals surface area contributed by atoms with Gasteiger partial charge in [0, 0.05) is 17.1 Å². The molecule has 7 atom stereocenters. The van der Waals surface area contributed by atoms with E-state index in [-0.39, 0.29) is 40.6 Å². The van der Waals surface area contributed by atoms with E-state index in [4.69, 9.17) is 14.2 Å². The zero-order chi connectivity index (χ0) is 21.9. The summed E-state index contributed by atoms with van der Waals surface area (Å²) in [5.74, 6) is 0.357. The van der Waals surface area contributed by atoms with Crippen LogP contribution >= 0.6 is 0 Å². The van der Waals surface area contributed by atoms with E-state index in [9.17, 15) is 9.59 Å². The third-order valence-corrected chi connectivity index (χ3v) is 9.32. The summed E-state index contributed by atoms with van der Waals surface area (Å²) in [4.78, 5) is 24.2. The number of epoxide rings is 1. The van der Waals surface area contributed by atoms with Gasteiger partial charge in [-0.15, -0.1) is 0 Å². The summed E-state index contributed by atoms with van der Waals surface area (Å²) in [6.45, 7) is 13.3. The Labute approximate surface area is 180 Å². The highest BCUT2D eigenvalue weighted by molar-refractivity contribution is 5.87. The molecule has 2 aliphatic carbocycles. The number of carbonyl (C=O) groups is 2. The maximum Gasteiger partial charge on any atom is 0.333 e. The van der Waals surface area contributed by atoms with Crippen LogP contribution in [0.25, 0.3) is 0 Å². The van der Waals surface area contributed by atoms with Crippen LogP contribution in [-0.2, 0) is 23.8 Å². The molecule has 0 aromatic heterocycles. The number of hydrogen-bond acceptors (Lipinski definition) is 5. The number of hydrogen-bond donors (Lipinski definition) is 0. The van der Waals surface area contributed by atoms with E-state index in [0.29, 0.717) is 24.0 Å². The number of carbonyl (C=O) groups excluding carboxylic acids is 2. The predicted molar refractivity (Wildman–Crippen MR) is 114 cm³/mol. The lowest BCUT2D eigenvalue weighted by Gasteiger charge is -2.61. The molecule has 2 aliphatic heterocycles. The molecular formula is C25H36O5. The Hall–Kier alpha value is -1.62. The van der Waals surface area contributed by atoms with Crippen molar-refractivity contribution in [2.45, 2.75) is 91.5 Å². The Bertz CT molecular complexity index is 812. The zero-order valence-corrected chi connectivity index (χ0v) is 19.2. The summed E-state index contributed by atoms with van der Waals surface area (Å²) in [7, 11) is 0. The van der Waals surface area contributed by atoms with Crippen molar-refractivity contribution in [2.24, 2.45) is 22.7 Å². The summed E-state index contributed by atoms with van der Waals surface area (Å²) < 4.78 is 17.6. The number of esters is 2. The predicted octanol–water partition coefficient (Wildman–Crippen LogP) is 4.75. The van der Waals surface area contributed by atoms with Crippen LogP contribution in [-0.4, -0.2) is 36.4 Å². The monoisotopic (exact) mass is 416 g/mol. The minimum Gasteiger partial charge on any atom is -0.458 e. The third kappa shape index (κ3) is 3.07. The van der Waals surface area contributed by atoms with Crippen molar-refractivity contribution in [1.82, 2.24) is 0 Å². The second-order valence-electron chi connectivity index (χ2n) is 10.5. The first kappa shape index (κ1) is 21.6. The molecule has 0 aromatic carbocycles. The molecule has 2 saturated carbocycles. The van der Waals surface area contributed by atoms with Gasteiger partial charge >= 0.3 is 11.9 Å². The Morgan fingerprint density at radius 3 is 2.67 bits per heavy atom. The highest BCUT2D eigenvalue weighted by Crippen LogP contribution is 2.70. The van der Waals surface area contributed by atoms with Crippen LogP contribution in [0.2, 0.25) is 0 Å². The summed E-state index contributed by atoms with van der Waals surface area (Å²) >= 11 is 0. The fourth-order valence-electron chi connectivity index (χ4n) is 6.69. The smallest absolute Gasteiger partial charge is 0.333 e. The number of cyclic esters (lactones) is 1. The number of fused-ring (bicyclic) bond motifs is 3. The van der Waals surface area contributed by atoms with E-state index in [0.717, 1.165) is 37.7 Å². The van der Waals surface area contributed by atoms with E-state index in [2.05, 4.69) is 27.7 Å². The van der Waals surface area contributed by atoms with Gasteiger partial charge in [0.2, 0.25) is 0 Å². The van der Waals surface area contributed by atoms with Crippen molar-refractivity contribution in [1.29, 1.82) is 0 Å². The number of ether oxygens (including phenoxy) is 3. The Balaban J connectivity index is 1.63. The molecule has 5 heteroatoms. The van der Waals surface area contributed by atoms with E-state index < -0.39 is 0 Å². The van der Waals surface area contributed by atoms with Crippen LogP contribution in [0.1, 0.15) is 73.6 Å². The van der Waals surface area contributed by atoms with Gasteiger partial charge in [-0.3, -0.25) is 0 Å². The van der Waals surface area contributed by atoms with Gasteiger partial charge < -0.3 is 14.2 Å². The first-order chi connectivity index (χ1) is 14.1. The molecule has 0 spiro atoms. The van der Waals surface area contributed by atoms with Crippen molar-refractivity contribution in [2.75, 3.05) is 6.61 Å². The highest BCUT2D eigenvalue weighted by atomic mass is 16.6. The van der Waals surface area contributed by atoms with Gasteiger partial charge in [-0.25, -0.2) is 9.59 Å². The van der Waals surface area contributed by atoms with Crippen LogP contribution in [0.4, 0.5) is 0 Å². The van der Waals surface area contributed by atoms with Crippen LogP contribution in [0.3, 0.4) is 0 Å². The SMILES string of the molecule is C/C=C(\C)C(=O)O[C@@H]1C[C@@H](C)[C@@](C)(CCC2=CC(=O)OC2)[C@H]2CC[C@@H]3O[C@]3(C)[C@@]21C. The fourth-order valence-corrected chi connectivity index (χ4v) is 6.69. The van der Waals surface area contributed by atoms with Gasteiger partial charge in [0.05, 0.1) is 6.10 Å². The van der Waals surface area contributed by atoms with Gasteiger partial charge in [-0.05, 0) is 75.7 Å². The average Bonchev–Trinajstić information content (AvgIpc) is 3.23. The second-order valence-corrected chi connectivity index (χ2v) is 10.5.